The van der Waals surface area contributed by atoms with Gasteiger partial charge in [-0.2, -0.15) is 0 Å². The second kappa shape index (κ2) is 12.0. The van der Waals surface area contributed by atoms with Crippen molar-refractivity contribution in [2.45, 2.75) is 48.8 Å². The number of hydrogen-bond donors (Lipinski definition) is 4. The number of aliphatic hydroxyl groups is 3. The first-order chi connectivity index (χ1) is 18.5. The Morgan fingerprint density at radius 3 is 2.38 bits per heavy atom. The molecule has 5 unspecified atom stereocenters. The van der Waals surface area contributed by atoms with Gasteiger partial charge in [0.15, 0.2) is 9.84 Å². The molecule has 1 fully saturated rings. The molecule has 0 spiro atoms. The van der Waals surface area contributed by atoms with Crippen molar-refractivity contribution in [1.29, 1.82) is 0 Å². The summed E-state index contributed by atoms with van der Waals surface area (Å²) in [5, 5.41) is 32.4. The lowest BCUT2D eigenvalue weighted by atomic mass is 9.90. The largest absolute Gasteiger partial charge is 0.494 e. The Morgan fingerprint density at radius 2 is 1.72 bits per heavy atom. The standard InChI is InChI=1S/C28H30ClNO8S/c1-2-37-20-9-6-16(7-10-20)12-19-13-17(8-11-22(19)29)27-26(33)25(32)24(31)23(38-27)15-39(35,36)21-5-3-4-18(14-21)28(30)34/h3-11,13-14,23-27,31-33H,2,12,15H2,1H3,(H2,30,34). The summed E-state index contributed by atoms with van der Waals surface area (Å²) in [6, 6.07) is 17.7. The highest BCUT2D eigenvalue weighted by Gasteiger charge is 2.46. The summed E-state index contributed by atoms with van der Waals surface area (Å²) < 4.78 is 37.6. The third-order valence-corrected chi connectivity index (χ3v) is 8.71. The molecule has 3 aromatic rings. The molecule has 0 aromatic heterocycles. The maximum Gasteiger partial charge on any atom is 0.248 e. The number of sulfone groups is 1. The lowest BCUT2D eigenvalue weighted by Gasteiger charge is -2.41. The highest BCUT2D eigenvalue weighted by molar-refractivity contribution is 7.91. The summed E-state index contributed by atoms with van der Waals surface area (Å²) in [6.45, 7) is 2.46. The molecule has 1 aliphatic rings. The number of amides is 1. The van der Waals surface area contributed by atoms with Crippen LogP contribution in [0.5, 0.6) is 5.75 Å². The summed E-state index contributed by atoms with van der Waals surface area (Å²) >= 11 is 6.44. The molecule has 3 aromatic carbocycles. The zero-order valence-electron chi connectivity index (χ0n) is 21.1. The van der Waals surface area contributed by atoms with Crippen LogP contribution in [-0.4, -0.2) is 66.4 Å². The van der Waals surface area contributed by atoms with Gasteiger partial charge in [-0.05, 0) is 66.4 Å². The van der Waals surface area contributed by atoms with Crippen molar-refractivity contribution in [2.24, 2.45) is 5.73 Å². The number of nitrogens with two attached hydrogens (primary N) is 1. The van der Waals surface area contributed by atoms with E-state index in [-0.39, 0.29) is 10.5 Å². The fraction of sp³-hybridized carbons (Fsp3) is 0.321. The Labute approximate surface area is 231 Å². The van der Waals surface area contributed by atoms with Crippen molar-refractivity contribution in [2.75, 3.05) is 12.4 Å². The average molecular weight is 576 g/mol. The molecule has 9 nitrogen and oxygen atoms in total. The molecule has 0 aliphatic carbocycles. The molecule has 5 N–H and O–H groups in total. The maximum atomic E-state index is 13.1. The molecule has 208 valence electrons. The van der Waals surface area contributed by atoms with Gasteiger partial charge in [-0.3, -0.25) is 4.79 Å². The molecule has 4 rings (SSSR count). The maximum absolute atomic E-state index is 13.1. The zero-order chi connectivity index (χ0) is 28.3. The molecule has 1 amide bonds. The van der Waals surface area contributed by atoms with E-state index in [0.29, 0.717) is 23.6 Å². The first kappa shape index (κ1) is 29.0. The number of halogens is 1. The predicted molar refractivity (Wildman–Crippen MR) is 145 cm³/mol. The van der Waals surface area contributed by atoms with Gasteiger partial charge in [0.25, 0.3) is 0 Å². The molecule has 11 heteroatoms. The van der Waals surface area contributed by atoms with E-state index in [1.54, 1.807) is 18.2 Å². The molecular weight excluding hydrogens is 546 g/mol. The fourth-order valence-electron chi connectivity index (χ4n) is 4.52. The summed E-state index contributed by atoms with van der Waals surface area (Å²) in [4.78, 5) is 11.3. The van der Waals surface area contributed by atoms with Gasteiger partial charge in [0.05, 0.1) is 17.3 Å². The van der Waals surface area contributed by atoms with Gasteiger partial charge in [0, 0.05) is 10.6 Å². The third kappa shape index (κ3) is 6.60. The van der Waals surface area contributed by atoms with Crippen LogP contribution in [-0.2, 0) is 21.0 Å². The van der Waals surface area contributed by atoms with E-state index in [9.17, 15) is 28.5 Å². The minimum Gasteiger partial charge on any atom is -0.494 e. The first-order valence-electron chi connectivity index (χ1n) is 12.3. The number of benzene rings is 3. The van der Waals surface area contributed by atoms with Gasteiger partial charge in [-0.1, -0.05) is 41.9 Å². The molecule has 0 saturated carbocycles. The van der Waals surface area contributed by atoms with Crippen molar-refractivity contribution < 1.29 is 38.0 Å². The molecule has 0 radical (unpaired) electrons. The molecule has 1 aliphatic heterocycles. The van der Waals surface area contributed by atoms with Crippen LogP contribution in [0.3, 0.4) is 0 Å². The summed E-state index contributed by atoms with van der Waals surface area (Å²) in [6.07, 6.45) is -6.94. The van der Waals surface area contributed by atoms with Crippen molar-refractivity contribution in [3.63, 3.8) is 0 Å². The number of carbonyl (C=O) groups is 1. The number of rotatable bonds is 9. The number of ether oxygens (including phenoxy) is 2. The van der Waals surface area contributed by atoms with Gasteiger partial charge in [0.2, 0.25) is 5.91 Å². The van der Waals surface area contributed by atoms with E-state index < -0.39 is 52.0 Å². The Morgan fingerprint density at radius 1 is 1.00 bits per heavy atom. The van der Waals surface area contributed by atoms with E-state index in [4.69, 9.17) is 26.8 Å². The van der Waals surface area contributed by atoms with Crippen LogP contribution in [0.1, 0.15) is 40.1 Å². The van der Waals surface area contributed by atoms with Crippen LogP contribution >= 0.6 is 11.6 Å². The van der Waals surface area contributed by atoms with Crippen molar-refractivity contribution in [1.82, 2.24) is 0 Å². The molecule has 0 bridgehead atoms. The average Bonchev–Trinajstić information content (AvgIpc) is 2.91. The van der Waals surface area contributed by atoms with Crippen LogP contribution in [0.25, 0.3) is 0 Å². The zero-order valence-corrected chi connectivity index (χ0v) is 22.7. The van der Waals surface area contributed by atoms with Crippen molar-refractivity contribution in [3.8, 4) is 5.75 Å². The Bertz CT molecular complexity index is 1430. The lowest BCUT2D eigenvalue weighted by molar-refractivity contribution is -0.218. The predicted octanol–water partition coefficient (Wildman–Crippen LogP) is 2.42. The Balaban J connectivity index is 1.58. The second-order valence-electron chi connectivity index (χ2n) is 9.34. The normalized spacial score (nSPS) is 23.4. The van der Waals surface area contributed by atoms with Gasteiger partial charge in [0.1, 0.15) is 36.3 Å². The second-order valence-corrected chi connectivity index (χ2v) is 11.8. The minimum atomic E-state index is -4.08. The van der Waals surface area contributed by atoms with E-state index in [1.165, 1.54) is 18.2 Å². The monoisotopic (exact) mass is 575 g/mol. The van der Waals surface area contributed by atoms with Crippen molar-refractivity contribution >= 4 is 27.3 Å². The van der Waals surface area contributed by atoms with Crippen LogP contribution in [0.4, 0.5) is 0 Å². The van der Waals surface area contributed by atoms with Gasteiger partial charge < -0.3 is 30.5 Å². The highest BCUT2D eigenvalue weighted by Crippen LogP contribution is 2.35. The molecule has 39 heavy (non-hydrogen) atoms. The summed E-state index contributed by atoms with van der Waals surface area (Å²) in [7, 11) is -4.08. The molecular formula is C28H30ClNO8S. The Kier molecular flexibility index (Phi) is 8.95. The van der Waals surface area contributed by atoms with Crippen LogP contribution in [0, 0.1) is 0 Å². The molecule has 1 saturated heterocycles. The van der Waals surface area contributed by atoms with E-state index in [1.807, 2.05) is 31.2 Å². The minimum absolute atomic E-state index is 0.00995. The number of aliphatic hydroxyl groups excluding tert-OH is 3. The van der Waals surface area contributed by atoms with E-state index in [0.717, 1.165) is 22.9 Å². The van der Waals surface area contributed by atoms with Crippen LogP contribution in [0.2, 0.25) is 5.02 Å². The van der Waals surface area contributed by atoms with Gasteiger partial charge >= 0.3 is 0 Å². The molecule has 1 heterocycles. The van der Waals surface area contributed by atoms with Crippen LogP contribution in [0.15, 0.2) is 71.6 Å². The van der Waals surface area contributed by atoms with Gasteiger partial charge in [-0.25, -0.2) is 8.42 Å². The smallest absolute Gasteiger partial charge is 0.248 e. The summed E-state index contributed by atoms with van der Waals surface area (Å²) in [5.74, 6) is -0.748. The fourth-order valence-corrected chi connectivity index (χ4v) is 6.19. The topological polar surface area (TPSA) is 156 Å². The Hall–Kier alpha value is -2.99. The third-order valence-electron chi connectivity index (χ3n) is 6.60. The first-order valence-corrected chi connectivity index (χ1v) is 14.4. The number of primary amides is 1. The molecule has 5 atom stereocenters. The van der Waals surface area contributed by atoms with E-state index in [2.05, 4.69) is 0 Å². The van der Waals surface area contributed by atoms with Gasteiger partial charge in [-0.15, -0.1) is 0 Å². The number of carbonyl (C=O) groups excluding carboxylic acids is 1. The number of hydrogen-bond acceptors (Lipinski definition) is 8. The van der Waals surface area contributed by atoms with Crippen molar-refractivity contribution in [3.05, 3.63) is 94.0 Å². The summed E-state index contributed by atoms with van der Waals surface area (Å²) in [5.41, 5.74) is 7.41. The van der Waals surface area contributed by atoms with Crippen LogP contribution < -0.4 is 10.5 Å². The quantitative estimate of drug-likeness (QED) is 0.303. The SMILES string of the molecule is CCOc1ccc(Cc2cc(C3OC(CS(=O)(=O)c4cccc(C(N)=O)c4)C(O)C(O)C3O)ccc2Cl)cc1. The van der Waals surface area contributed by atoms with E-state index >= 15 is 0 Å². The highest BCUT2D eigenvalue weighted by atomic mass is 35.5. The lowest BCUT2D eigenvalue weighted by Crippen LogP contribution is -2.56.